The molecule has 30 heavy (non-hydrogen) atoms. The second-order valence-corrected chi connectivity index (χ2v) is 9.32. The highest BCUT2D eigenvalue weighted by Gasteiger charge is 2.29. The van der Waals surface area contributed by atoms with Gasteiger partial charge in [-0.2, -0.15) is 0 Å². The summed E-state index contributed by atoms with van der Waals surface area (Å²) in [6.07, 6.45) is 1.79. The first-order chi connectivity index (χ1) is 14.0. The summed E-state index contributed by atoms with van der Waals surface area (Å²) in [5, 5.41) is 5.99. The molecule has 2 aromatic carbocycles. The summed E-state index contributed by atoms with van der Waals surface area (Å²) in [5.41, 5.74) is 0.919. The van der Waals surface area contributed by atoms with Crippen LogP contribution in [0.2, 0.25) is 5.02 Å². The predicted molar refractivity (Wildman–Crippen MR) is 121 cm³/mol. The van der Waals surface area contributed by atoms with Crippen molar-refractivity contribution in [1.82, 2.24) is 5.32 Å². The molecular weight excluding hydrogens is 426 g/mol. The monoisotopic (exact) mass is 451 g/mol. The minimum Gasteiger partial charge on any atom is -0.350 e. The van der Waals surface area contributed by atoms with Gasteiger partial charge in [-0.05, 0) is 56.7 Å². The largest absolute Gasteiger partial charge is 0.350 e. The van der Waals surface area contributed by atoms with E-state index < -0.39 is 22.0 Å². The van der Waals surface area contributed by atoms with Gasteiger partial charge in [0.25, 0.3) is 5.91 Å². The van der Waals surface area contributed by atoms with Crippen molar-refractivity contribution in [3.8, 4) is 0 Å². The Kier molecular flexibility index (Phi) is 7.86. The van der Waals surface area contributed by atoms with E-state index in [1.807, 2.05) is 13.8 Å². The summed E-state index contributed by atoms with van der Waals surface area (Å²) < 4.78 is 25.8. The van der Waals surface area contributed by atoms with Crippen LogP contribution in [0.5, 0.6) is 0 Å². The number of sulfonamides is 1. The maximum absolute atomic E-state index is 12.9. The lowest BCUT2D eigenvalue weighted by Gasteiger charge is -2.28. The average molecular weight is 452 g/mol. The van der Waals surface area contributed by atoms with E-state index in [0.717, 1.165) is 17.0 Å². The third-order valence-corrected chi connectivity index (χ3v) is 6.08. The van der Waals surface area contributed by atoms with Gasteiger partial charge in [0.2, 0.25) is 15.9 Å². The Morgan fingerprint density at radius 1 is 1.07 bits per heavy atom. The Labute approximate surface area is 182 Å². The van der Waals surface area contributed by atoms with Crippen LogP contribution in [-0.2, 0) is 14.8 Å². The van der Waals surface area contributed by atoms with Crippen LogP contribution < -0.4 is 14.9 Å². The fraction of sp³-hybridized carbons (Fsp3) is 0.333. The second kappa shape index (κ2) is 9.95. The molecule has 0 aliphatic heterocycles. The molecule has 0 fully saturated rings. The van der Waals surface area contributed by atoms with Crippen LogP contribution in [0.15, 0.2) is 48.5 Å². The van der Waals surface area contributed by atoms with Crippen molar-refractivity contribution in [3.05, 3.63) is 59.1 Å². The third-order valence-electron chi connectivity index (χ3n) is 4.59. The number of carbonyl (C=O) groups excluding carboxylic acids is 2. The van der Waals surface area contributed by atoms with Crippen LogP contribution in [-0.4, -0.2) is 38.6 Å². The molecular formula is C21H26ClN3O4S. The van der Waals surface area contributed by atoms with Gasteiger partial charge in [-0.25, -0.2) is 8.42 Å². The number of halogens is 1. The molecule has 9 heteroatoms. The van der Waals surface area contributed by atoms with Crippen molar-refractivity contribution in [2.45, 2.75) is 39.3 Å². The molecule has 2 aromatic rings. The van der Waals surface area contributed by atoms with Gasteiger partial charge in [0.15, 0.2) is 0 Å². The molecule has 0 spiro atoms. The molecule has 0 heterocycles. The number of hydrogen-bond donors (Lipinski definition) is 2. The van der Waals surface area contributed by atoms with Crippen LogP contribution >= 0.6 is 11.6 Å². The van der Waals surface area contributed by atoms with Gasteiger partial charge in [0.05, 0.1) is 23.2 Å². The standard InChI is InChI=1S/C21H26ClN3O4S/c1-5-14(2)23-21(27)18-8-6-7-9-19(18)24-20(26)15(3)25(30(4,28)29)17-12-10-16(22)11-13-17/h6-15H,5H2,1-4H3,(H,23,27)(H,24,26)/t14-,15-/m1/s1. The number of nitrogens with one attached hydrogen (secondary N) is 2. The number of rotatable bonds is 8. The predicted octanol–water partition coefficient (Wildman–Crippen LogP) is 3.66. The molecule has 162 valence electrons. The SMILES string of the molecule is CC[C@@H](C)NC(=O)c1ccccc1NC(=O)[C@@H](C)N(c1ccc(Cl)cc1)S(C)(=O)=O. The molecule has 0 aromatic heterocycles. The van der Waals surface area contributed by atoms with Crippen LogP contribution in [0.1, 0.15) is 37.6 Å². The quantitative estimate of drug-likeness (QED) is 0.640. The first kappa shape index (κ1) is 23.7. The second-order valence-electron chi connectivity index (χ2n) is 7.03. The lowest BCUT2D eigenvalue weighted by molar-refractivity contribution is -0.116. The number of amides is 2. The van der Waals surface area contributed by atoms with E-state index in [0.29, 0.717) is 22.0 Å². The number of carbonyl (C=O) groups is 2. The number of benzene rings is 2. The average Bonchev–Trinajstić information content (AvgIpc) is 2.68. The first-order valence-corrected chi connectivity index (χ1v) is 11.7. The Morgan fingerprint density at radius 3 is 2.23 bits per heavy atom. The Balaban J connectivity index is 2.30. The summed E-state index contributed by atoms with van der Waals surface area (Å²) in [5.74, 6) is -0.885. The molecule has 2 atom stereocenters. The Bertz CT molecular complexity index is 1010. The summed E-state index contributed by atoms with van der Waals surface area (Å²) >= 11 is 5.89. The number of para-hydroxylation sites is 1. The van der Waals surface area contributed by atoms with Gasteiger partial charge in [-0.3, -0.25) is 13.9 Å². The third kappa shape index (κ3) is 5.96. The topological polar surface area (TPSA) is 95.6 Å². The molecule has 0 unspecified atom stereocenters. The minimum atomic E-state index is -3.76. The zero-order valence-corrected chi connectivity index (χ0v) is 18.9. The summed E-state index contributed by atoms with van der Waals surface area (Å²) in [6, 6.07) is 11.7. The van der Waals surface area contributed by atoms with E-state index in [-0.39, 0.29) is 11.9 Å². The molecule has 0 radical (unpaired) electrons. The van der Waals surface area contributed by atoms with E-state index in [4.69, 9.17) is 11.6 Å². The van der Waals surface area contributed by atoms with E-state index in [2.05, 4.69) is 10.6 Å². The molecule has 0 bridgehead atoms. The van der Waals surface area contributed by atoms with Crippen molar-refractivity contribution in [2.24, 2.45) is 0 Å². The highest BCUT2D eigenvalue weighted by molar-refractivity contribution is 7.92. The van der Waals surface area contributed by atoms with Crippen molar-refractivity contribution in [1.29, 1.82) is 0 Å². The zero-order chi connectivity index (χ0) is 22.5. The highest BCUT2D eigenvalue weighted by Crippen LogP contribution is 2.24. The summed E-state index contributed by atoms with van der Waals surface area (Å²) in [6.45, 7) is 5.32. The Hall–Kier alpha value is -2.58. The van der Waals surface area contributed by atoms with E-state index in [1.165, 1.54) is 19.1 Å². The maximum atomic E-state index is 12.9. The number of nitrogens with zero attached hydrogens (tertiary/aromatic N) is 1. The van der Waals surface area contributed by atoms with Crippen molar-refractivity contribution in [2.75, 3.05) is 15.9 Å². The van der Waals surface area contributed by atoms with Crippen molar-refractivity contribution < 1.29 is 18.0 Å². The van der Waals surface area contributed by atoms with Gasteiger partial charge in [-0.1, -0.05) is 30.7 Å². The van der Waals surface area contributed by atoms with Gasteiger partial charge >= 0.3 is 0 Å². The molecule has 0 aliphatic rings. The van der Waals surface area contributed by atoms with Gasteiger partial charge in [0, 0.05) is 11.1 Å². The lowest BCUT2D eigenvalue weighted by atomic mass is 10.1. The number of anilines is 2. The van der Waals surface area contributed by atoms with E-state index >= 15 is 0 Å². The van der Waals surface area contributed by atoms with Gasteiger partial charge in [0.1, 0.15) is 6.04 Å². The van der Waals surface area contributed by atoms with Crippen LogP contribution in [0.3, 0.4) is 0 Å². The molecule has 7 nitrogen and oxygen atoms in total. The molecule has 0 saturated carbocycles. The van der Waals surface area contributed by atoms with Gasteiger partial charge in [-0.15, -0.1) is 0 Å². The molecule has 2 N–H and O–H groups in total. The fourth-order valence-electron chi connectivity index (χ4n) is 2.83. The fourth-order valence-corrected chi connectivity index (χ4v) is 4.13. The molecule has 2 rings (SSSR count). The number of hydrogen-bond acceptors (Lipinski definition) is 4. The van der Waals surface area contributed by atoms with E-state index in [9.17, 15) is 18.0 Å². The van der Waals surface area contributed by atoms with Crippen LogP contribution in [0.25, 0.3) is 0 Å². The van der Waals surface area contributed by atoms with Gasteiger partial charge < -0.3 is 10.6 Å². The Morgan fingerprint density at radius 2 is 1.67 bits per heavy atom. The highest BCUT2D eigenvalue weighted by atomic mass is 35.5. The minimum absolute atomic E-state index is 0.0224. The lowest BCUT2D eigenvalue weighted by Crippen LogP contribution is -2.45. The first-order valence-electron chi connectivity index (χ1n) is 9.50. The zero-order valence-electron chi connectivity index (χ0n) is 17.3. The summed E-state index contributed by atoms with van der Waals surface area (Å²) in [4.78, 5) is 25.5. The van der Waals surface area contributed by atoms with Crippen LogP contribution in [0.4, 0.5) is 11.4 Å². The molecule has 2 amide bonds. The van der Waals surface area contributed by atoms with Crippen molar-refractivity contribution >= 4 is 44.8 Å². The van der Waals surface area contributed by atoms with Crippen molar-refractivity contribution in [3.63, 3.8) is 0 Å². The maximum Gasteiger partial charge on any atom is 0.253 e. The normalized spacial score (nSPS) is 13.2. The molecule has 0 aliphatic carbocycles. The smallest absolute Gasteiger partial charge is 0.253 e. The van der Waals surface area contributed by atoms with Crippen LogP contribution in [0, 0.1) is 0 Å². The van der Waals surface area contributed by atoms with E-state index in [1.54, 1.807) is 36.4 Å². The molecule has 0 saturated heterocycles. The summed E-state index contributed by atoms with van der Waals surface area (Å²) in [7, 11) is -3.76.